The summed E-state index contributed by atoms with van der Waals surface area (Å²) in [5.74, 6) is -3.87. The number of ether oxygens (including phenoxy) is 2. The van der Waals surface area contributed by atoms with Gasteiger partial charge in [0.05, 0.1) is 19.3 Å². The predicted octanol–water partition coefficient (Wildman–Crippen LogP) is 1.73. The molecule has 4 nitrogen and oxygen atoms in total. The molecule has 0 radical (unpaired) electrons. The van der Waals surface area contributed by atoms with Crippen LogP contribution in [0.5, 0.6) is 0 Å². The number of carbonyl (C=O) groups is 1. The van der Waals surface area contributed by atoms with E-state index in [0.29, 0.717) is 0 Å². The summed E-state index contributed by atoms with van der Waals surface area (Å²) >= 11 is 0. The number of benzene rings is 1. The lowest BCUT2D eigenvalue weighted by atomic mass is 9.78. The monoisotopic (exact) mass is 307 g/mol. The lowest BCUT2D eigenvalue weighted by molar-refractivity contribution is -0.220. The average Bonchev–Trinajstić information content (AvgIpc) is 2.77. The molecule has 1 saturated heterocycles. The highest BCUT2D eigenvalue weighted by atomic mass is 19.4. The van der Waals surface area contributed by atoms with Gasteiger partial charge in [-0.3, -0.25) is 4.79 Å². The zero-order valence-electron chi connectivity index (χ0n) is 11.0. The van der Waals surface area contributed by atoms with E-state index in [0.717, 1.165) is 13.2 Å². The van der Waals surface area contributed by atoms with Gasteiger partial charge >= 0.3 is 12.1 Å². The van der Waals surface area contributed by atoms with Gasteiger partial charge in [-0.25, -0.2) is 4.39 Å². The molecule has 0 saturated carbocycles. The fourth-order valence-electron chi connectivity index (χ4n) is 2.51. The van der Waals surface area contributed by atoms with Crippen LogP contribution in [-0.2, 0) is 19.8 Å². The molecule has 1 heterocycles. The zero-order chi connectivity index (χ0) is 15.8. The molecule has 0 amide bonds. The van der Waals surface area contributed by atoms with E-state index in [1.165, 1.54) is 18.2 Å². The van der Waals surface area contributed by atoms with Crippen molar-refractivity contribution in [3.8, 4) is 0 Å². The maximum Gasteiger partial charge on any atom is 0.415 e. The minimum absolute atomic E-state index is 0.216. The summed E-state index contributed by atoms with van der Waals surface area (Å²) in [5, 5.41) is 0. The molecular formula is C13H13F4NO3. The Hall–Kier alpha value is -1.67. The van der Waals surface area contributed by atoms with Gasteiger partial charge in [0.2, 0.25) is 0 Å². The second-order valence-corrected chi connectivity index (χ2v) is 4.79. The Balaban J connectivity index is 2.52. The molecule has 0 aromatic heterocycles. The van der Waals surface area contributed by atoms with Crippen molar-refractivity contribution in [2.24, 2.45) is 11.7 Å². The van der Waals surface area contributed by atoms with Crippen molar-refractivity contribution in [2.75, 3.05) is 13.7 Å². The molecule has 0 spiro atoms. The lowest BCUT2D eigenvalue weighted by Gasteiger charge is -2.30. The minimum Gasteiger partial charge on any atom is -0.469 e. The third-order valence-corrected chi connectivity index (χ3v) is 3.51. The molecule has 21 heavy (non-hydrogen) atoms. The first-order chi connectivity index (χ1) is 9.71. The van der Waals surface area contributed by atoms with Crippen LogP contribution in [0.25, 0.3) is 0 Å². The lowest BCUT2D eigenvalue weighted by Crippen LogP contribution is -2.52. The molecule has 0 aliphatic carbocycles. The highest BCUT2D eigenvalue weighted by molar-refractivity contribution is 5.76. The van der Waals surface area contributed by atoms with Crippen molar-refractivity contribution in [2.45, 2.75) is 17.8 Å². The van der Waals surface area contributed by atoms with E-state index in [1.54, 1.807) is 0 Å². The van der Waals surface area contributed by atoms with Gasteiger partial charge in [0, 0.05) is 5.56 Å². The van der Waals surface area contributed by atoms with E-state index in [2.05, 4.69) is 9.47 Å². The van der Waals surface area contributed by atoms with Gasteiger partial charge in [-0.1, -0.05) is 18.2 Å². The van der Waals surface area contributed by atoms with Crippen LogP contribution in [0.4, 0.5) is 17.6 Å². The van der Waals surface area contributed by atoms with Gasteiger partial charge in [-0.15, -0.1) is 0 Å². The number of nitrogens with two attached hydrogens (primary N) is 1. The number of alkyl halides is 3. The van der Waals surface area contributed by atoms with Crippen LogP contribution in [-0.4, -0.2) is 32.0 Å². The van der Waals surface area contributed by atoms with E-state index in [-0.39, 0.29) is 5.56 Å². The quantitative estimate of drug-likeness (QED) is 0.668. The molecule has 3 unspecified atom stereocenters. The van der Waals surface area contributed by atoms with Crippen molar-refractivity contribution in [3.63, 3.8) is 0 Å². The van der Waals surface area contributed by atoms with Crippen LogP contribution in [0.3, 0.4) is 0 Å². The number of methoxy groups -OCH3 is 1. The predicted molar refractivity (Wildman–Crippen MR) is 63.6 cm³/mol. The van der Waals surface area contributed by atoms with Gasteiger partial charge in [-0.05, 0) is 6.07 Å². The molecule has 1 aliphatic rings. The first kappa shape index (κ1) is 15.7. The average molecular weight is 307 g/mol. The Morgan fingerprint density at radius 1 is 1.43 bits per heavy atom. The normalized spacial score (nSPS) is 29.4. The molecule has 0 bridgehead atoms. The van der Waals surface area contributed by atoms with E-state index >= 15 is 0 Å². The summed E-state index contributed by atoms with van der Waals surface area (Å²) in [6.07, 6.45) is -7.25. The standard InChI is InChI=1S/C13H13F4NO3/c1-20-11(19)9-10(13(15,16)17)21-6-12(9,18)7-4-2-3-5-8(7)14/h2-5,9-10H,6,18H2,1H3. The van der Waals surface area contributed by atoms with Crippen LogP contribution in [0.2, 0.25) is 0 Å². The Kier molecular flexibility index (Phi) is 3.94. The number of hydrogen-bond donors (Lipinski definition) is 1. The SMILES string of the molecule is COC(=O)C1C(C(F)(F)F)OCC1(N)c1ccccc1F. The van der Waals surface area contributed by atoms with Crippen LogP contribution in [0, 0.1) is 11.7 Å². The Bertz CT molecular complexity index is 548. The van der Waals surface area contributed by atoms with Gasteiger partial charge < -0.3 is 15.2 Å². The molecule has 1 aromatic carbocycles. The number of carbonyl (C=O) groups excluding carboxylic acids is 1. The van der Waals surface area contributed by atoms with Crippen molar-refractivity contribution >= 4 is 5.97 Å². The summed E-state index contributed by atoms with van der Waals surface area (Å²) in [6, 6.07) is 5.07. The van der Waals surface area contributed by atoms with E-state index in [9.17, 15) is 22.4 Å². The van der Waals surface area contributed by atoms with Crippen molar-refractivity contribution in [1.29, 1.82) is 0 Å². The molecule has 116 valence electrons. The highest BCUT2D eigenvalue weighted by Crippen LogP contribution is 2.44. The van der Waals surface area contributed by atoms with E-state index in [1.807, 2.05) is 0 Å². The summed E-state index contributed by atoms with van der Waals surface area (Å²) < 4.78 is 61.9. The summed E-state index contributed by atoms with van der Waals surface area (Å²) in [6.45, 7) is -0.641. The van der Waals surface area contributed by atoms with Crippen molar-refractivity contribution in [1.82, 2.24) is 0 Å². The van der Waals surface area contributed by atoms with Gasteiger partial charge in [0.15, 0.2) is 6.10 Å². The van der Waals surface area contributed by atoms with Crippen LogP contribution in [0.1, 0.15) is 5.56 Å². The second kappa shape index (κ2) is 5.27. The molecule has 2 N–H and O–H groups in total. The van der Waals surface area contributed by atoms with Crippen LogP contribution >= 0.6 is 0 Å². The van der Waals surface area contributed by atoms with Gasteiger partial charge in [0.1, 0.15) is 11.7 Å². The number of esters is 1. The Morgan fingerprint density at radius 2 is 2.05 bits per heavy atom. The summed E-state index contributed by atoms with van der Waals surface area (Å²) in [7, 11) is 0.940. The first-order valence-electron chi connectivity index (χ1n) is 6.02. The van der Waals surface area contributed by atoms with E-state index in [4.69, 9.17) is 5.73 Å². The molecule has 1 fully saturated rings. The maximum absolute atomic E-state index is 13.9. The zero-order valence-corrected chi connectivity index (χ0v) is 11.0. The molecular weight excluding hydrogens is 294 g/mol. The van der Waals surface area contributed by atoms with Crippen molar-refractivity contribution in [3.05, 3.63) is 35.6 Å². The summed E-state index contributed by atoms with van der Waals surface area (Å²) in [4.78, 5) is 11.8. The second-order valence-electron chi connectivity index (χ2n) is 4.79. The number of rotatable bonds is 2. The molecule has 8 heteroatoms. The fourth-order valence-corrected chi connectivity index (χ4v) is 2.51. The smallest absolute Gasteiger partial charge is 0.415 e. The van der Waals surface area contributed by atoms with E-state index < -0.39 is 42.1 Å². The fraction of sp³-hybridized carbons (Fsp3) is 0.462. The number of halogens is 4. The number of hydrogen-bond acceptors (Lipinski definition) is 4. The highest BCUT2D eigenvalue weighted by Gasteiger charge is 2.62. The Labute approximate surface area is 117 Å². The van der Waals surface area contributed by atoms with Crippen LogP contribution < -0.4 is 5.73 Å². The minimum atomic E-state index is -4.81. The molecule has 1 aliphatic heterocycles. The maximum atomic E-state index is 13.9. The summed E-state index contributed by atoms with van der Waals surface area (Å²) in [5.41, 5.74) is 3.76. The largest absolute Gasteiger partial charge is 0.469 e. The third kappa shape index (κ3) is 2.60. The first-order valence-corrected chi connectivity index (χ1v) is 6.02. The topological polar surface area (TPSA) is 61.5 Å². The van der Waals surface area contributed by atoms with Crippen molar-refractivity contribution < 1.29 is 31.8 Å². The van der Waals surface area contributed by atoms with Crippen LogP contribution in [0.15, 0.2) is 24.3 Å². The Morgan fingerprint density at radius 3 is 2.57 bits per heavy atom. The van der Waals surface area contributed by atoms with Gasteiger partial charge in [0.25, 0.3) is 0 Å². The molecule has 3 atom stereocenters. The third-order valence-electron chi connectivity index (χ3n) is 3.51. The molecule has 2 rings (SSSR count). The van der Waals surface area contributed by atoms with Gasteiger partial charge in [-0.2, -0.15) is 13.2 Å². The molecule has 1 aromatic rings.